The third-order valence-electron chi connectivity index (χ3n) is 3.55. The van der Waals surface area contributed by atoms with Crippen LogP contribution in [0, 0.1) is 0 Å². The van der Waals surface area contributed by atoms with Gasteiger partial charge in [-0.25, -0.2) is 4.98 Å². The van der Waals surface area contributed by atoms with Crippen molar-refractivity contribution in [3.05, 3.63) is 72.1 Å². The minimum Gasteiger partial charge on any atom is -0.387 e. The van der Waals surface area contributed by atoms with Crippen LogP contribution >= 0.6 is 0 Å². The lowest BCUT2D eigenvalue weighted by Gasteiger charge is -2.10. The van der Waals surface area contributed by atoms with E-state index in [1.807, 2.05) is 42.5 Å². The summed E-state index contributed by atoms with van der Waals surface area (Å²) in [6, 6.07) is 13.0. The standard InChI is InChI=1S/C18H17N3O2/c22-16(13-5-2-1-3-6-13)12-20-17(23)9-8-14-11-21-18-15(14)7-4-10-19-18/h1-11,16,22H,12H2,(H,19,21)(H,20,23)/b9-8+/t16-/m1/s1. The van der Waals surface area contributed by atoms with Crippen LogP contribution < -0.4 is 5.32 Å². The number of benzene rings is 1. The van der Waals surface area contributed by atoms with Gasteiger partial charge in [-0.15, -0.1) is 0 Å². The molecule has 3 N–H and O–H groups in total. The number of fused-ring (bicyclic) bond motifs is 1. The number of pyridine rings is 1. The third kappa shape index (κ3) is 3.64. The number of nitrogens with one attached hydrogen (secondary N) is 2. The molecule has 0 bridgehead atoms. The van der Waals surface area contributed by atoms with Crippen molar-refractivity contribution in [1.29, 1.82) is 0 Å². The quantitative estimate of drug-likeness (QED) is 0.633. The molecule has 2 aromatic heterocycles. The summed E-state index contributed by atoms with van der Waals surface area (Å²) >= 11 is 0. The molecule has 0 aliphatic rings. The Morgan fingerprint density at radius 1 is 1.26 bits per heavy atom. The highest BCUT2D eigenvalue weighted by molar-refractivity contribution is 5.95. The molecule has 0 saturated heterocycles. The molecular formula is C18H17N3O2. The second kappa shape index (κ2) is 6.89. The zero-order valence-corrected chi connectivity index (χ0v) is 12.4. The molecule has 23 heavy (non-hydrogen) atoms. The maximum atomic E-state index is 11.9. The van der Waals surface area contributed by atoms with Gasteiger partial charge in [0.15, 0.2) is 0 Å². The Labute approximate surface area is 133 Å². The number of nitrogens with zero attached hydrogens (tertiary/aromatic N) is 1. The molecule has 5 heteroatoms. The highest BCUT2D eigenvalue weighted by Gasteiger charge is 2.07. The monoisotopic (exact) mass is 307 g/mol. The average molecular weight is 307 g/mol. The molecule has 0 fully saturated rings. The maximum Gasteiger partial charge on any atom is 0.244 e. The summed E-state index contributed by atoms with van der Waals surface area (Å²) in [5.74, 6) is -0.252. The number of amides is 1. The van der Waals surface area contributed by atoms with Crippen LogP contribution in [0.4, 0.5) is 0 Å². The Bertz CT molecular complexity index is 824. The molecule has 0 spiro atoms. The second-order valence-electron chi connectivity index (χ2n) is 5.15. The summed E-state index contributed by atoms with van der Waals surface area (Å²) in [4.78, 5) is 19.1. The fourth-order valence-electron chi connectivity index (χ4n) is 2.33. The topological polar surface area (TPSA) is 78.0 Å². The molecule has 0 saturated carbocycles. The summed E-state index contributed by atoms with van der Waals surface area (Å²) in [5.41, 5.74) is 2.46. The molecule has 116 valence electrons. The van der Waals surface area contributed by atoms with Crippen molar-refractivity contribution in [2.75, 3.05) is 6.54 Å². The number of aliphatic hydroxyl groups excluding tert-OH is 1. The van der Waals surface area contributed by atoms with E-state index in [0.717, 1.165) is 22.2 Å². The predicted molar refractivity (Wildman–Crippen MR) is 89.5 cm³/mol. The Hall–Kier alpha value is -2.92. The van der Waals surface area contributed by atoms with E-state index in [1.165, 1.54) is 6.08 Å². The minimum absolute atomic E-state index is 0.169. The van der Waals surface area contributed by atoms with E-state index in [4.69, 9.17) is 0 Å². The van der Waals surface area contributed by atoms with Gasteiger partial charge < -0.3 is 15.4 Å². The third-order valence-corrected chi connectivity index (χ3v) is 3.55. The molecule has 3 rings (SSSR count). The number of aliphatic hydroxyl groups is 1. The number of aromatic nitrogens is 2. The van der Waals surface area contributed by atoms with Crippen molar-refractivity contribution in [3.8, 4) is 0 Å². The number of H-pyrrole nitrogens is 1. The van der Waals surface area contributed by atoms with E-state index in [2.05, 4.69) is 15.3 Å². The Balaban J connectivity index is 1.59. The van der Waals surface area contributed by atoms with E-state index in [1.54, 1.807) is 18.5 Å². The lowest BCUT2D eigenvalue weighted by atomic mass is 10.1. The van der Waals surface area contributed by atoms with Gasteiger partial charge in [0, 0.05) is 36.0 Å². The first-order valence-electron chi connectivity index (χ1n) is 7.35. The summed E-state index contributed by atoms with van der Waals surface area (Å²) in [6.45, 7) is 0.169. The maximum absolute atomic E-state index is 11.9. The van der Waals surface area contributed by atoms with Gasteiger partial charge in [0.2, 0.25) is 5.91 Å². The fourth-order valence-corrected chi connectivity index (χ4v) is 2.33. The molecular weight excluding hydrogens is 290 g/mol. The molecule has 0 aliphatic heterocycles. The van der Waals surface area contributed by atoms with Gasteiger partial charge in [-0.1, -0.05) is 30.3 Å². The molecule has 1 amide bonds. The minimum atomic E-state index is -0.717. The van der Waals surface area contributed by atoms with Crippen molar-refractivity contribution < 1.29 is 9.90 Å². The molecule has 0 unspecified atom stereocenters. The zero-order chi connectivity index (χ0) is 16.1. The summed E-state index contributed by atoms with van der Waals surface area (Å²) in [5, 5.41) is 13.7. The molecule has 5 nitrogen and oxygen atoms in total. The molecule has 1 atom stereocenters. The van der Waals surface area contributed by atoms with Crippen LogP contribution in [0.1, 0.15) is 17.2 Å². The largest absolute Gasteiger partial charge is 0.387 e. The highest BCUT2D eigenvalue weighted by Crippen LogP contribution is 2.16. The van der Waals surface area contributed by atoms with Crippen molar-refractivity contribution in [1.82, 2.24) is 15.3 Å². The molecule has 2 heterocycles. The van der Waals surface area contributed by atoms with Crippen molar-refractivity contribution in [2.45, 2.75) is 6.10 Å². The second-order valence-corrected chi connectivity index (χ2v) is 5.15. The van der Waals surface area contributed by atoms with Crippen molar-refractivity contribution >= 4 is 23.0 Å². The van der Waals surface area contributed by atoms with Gasteiger partial charge in [0.25, 0.3) is 0 Å². The fraction of sp³-hybridized carbons (Fsp3) is 0.111. The van der Waals surface area contributed by atoms with Gasteiger partial charge in [-0.2, -0.15) is 0 Å². The van der Waals surface area contributed by atoms with Gasteiger partial charge >= 0.3 is 0 Å². The van der Waals surface area contributed by atoms with Gasteiger partial charge in [0.1, 0.15) is 5.65 Å². The van der Waals surface area contributed by atoms with Crippen LogP contribution in [-0.4, -0.2) is 27.5 Å². The average Bonchev–Trinajstić information content (AvgIpc) is 3.02. The van der Waals surface area contributed by atoms with E-state index < -0.39 is 6.10 Å². The number of aromatic amines is 1. The lowest BCUT2D eigenvalue weighted by molar-refractivity contribution is -0.116. The van der Waals surface area contributed by atoms with Crippen molar-refractivity contribution in [3.63, 3.8) is 0 Å². The van der Waals surface area contributed by atoms with E-state index in [-0.39, 0.29) is 12.5 Å². The van der Waals surface area contributed by atoms with Crippen molar-refractivity contribution in [2.24, 2.45) is 0 Å². The van der Waals surface area contributed by atoms with E-state index >= 15 is 0 Å². The Kier molecular flexibility index (Phi) is 4.49. The Morgan fingerprint density at radius 2 is 2.09 bits per heavy atom. The smallest absolute Gasteiger partial charge is 0.244 e. The number of hydrogen-bond donors (Lipinski definition) is 3. The van der Waals surface area contributed by atoms with Crippen LogP contribution in [0.2, 0.25) is 0 Å². The van der Waals surface area contributed by atoms with E-state index in [0.29, 0.717) is 0 Å². The first kappa shape index (κ1) is 15.0. The van der Waals surface area contributed by atoms with Crippen LogP contribution in [0.25, 0.3) is 17.1 Å². The molecule has 1 aromatic carbocycles. The van der Waals surface area contributed by atoms with Crippen LogP contribution in [0.5, 0.6) is 0 Å². The zero-order valence-electron chi connectivity index (χ0n) is 12.4. The molecule has 3 aromatic rings. The number of carbonyl (C=O) groups is 1. The van der Waals surface area contributed by atoms with Crippen LogP contribution in [0.15, 0.2) is 60.9 Å². The first-order valence-corrected chi connectivity index (χ1v) is 7.35. The predicted octanol–water partition coefficient (Wildman–Crippen LogP) is 2.43. The van der Waals surface area contributed by atoms with Crippen LogP contribution in [-0.2, 0) is 4.79 Å². The van der Waals surface area contributed by atoms with Gasteiger partial charge in [-0.05, 0) is 23.8 Å². The highest BCUT2D eigenvalue weighted by atomic mass is 16.3. The number of carbonyl (C=O) groups excluding carboxylic acids is 1. The SMILES string of the molecule is O=C(/C=C/c1c[nH]c2ncccc12)NC[C@@H](O)c1ccccc1. The lowest BCUT2D eigenvalue weighted by Crippen LogP contribution is -2.26. The molecule has 0 aliphatic carbocycles. The van der Waals surface area contributed by atoms with Gasteiger partial charge in [0.05, 0.1) is 6.10 Å². The molecule has 0 radical (unpaired) electrons. The number of hydrogen-bond acceptors (Lipinski definition) is 3. The van der Waals surface area contributed by atoms with E-state index in [9.17, 15) is 9.90 Å². The Morgan fingerprint density at radius 3 is 2.91 bits per heavy atom. The van der Waals surface area contributed by atoms with Gasteiger partial charge in [-0.3, -0.25) is 4.79 Å². The normalized spacial score (nSPS) is 12.6. The van der Waals surface area contributed by atoms with Crippen LogP contribution in [0.3, 0.4) is 0 Å². The summed E-state index contributed by atoms with van der Waals surface area (Å²) in [7, 11) is 0. The first-order chi connectivity index (χ1) is 11.2. The summed E-state index contributed by atoms with van der Waals surface area (Å²) < 4.78 is 0. The summed E-state index contributed by atoms with van der Waals surface area (Å²) in [6.07, 6.45) is 5.98. The number of rotatable bonds is 5.